The molecule has 1 atom stereocenters. The second kappa shape index (κ2) is 9.83. The zero-order valence-electron chi connectivity index (χ0n) is 6.08. The van der Waals surface area contributed by atoms with Crippen LogP contribution in [0.4, 0.5) is 8.78 Å². The van der Waals surface area contributed by atoms with E-state index in [0.717, 1.165) is 0 Å². The molecule has 0 fully saturated rings. The molecule has 11 heavy (non-hydrogen) atoms. The van der Waals surface area contributed by atoms with E-state index in [1.807, 2.05) is 0 Å². The van der Waals surface area contributed by atoms with Crippen LogP contribution in [-0.4, -0.2) is 12.8 Å². The predicted octanol–water partition coefficient (Wildman–Crippen LogP) is 2.62. The van der Waals surface area contributed by atoms with Crippen molar-refractivity contribution < 1.29 is 25.3 Å². The van der Waals surface area contributed by atoms with Gasteiger partial charge in [-0.2, -0.15) is 0 Å². The van der Waals surface area contributed by atoms with Gasteiger partial charge in [0.1, 0.15) is 6.17 Å². The van der Waals surface area contributed by atoms with Crippen LogP contribution in [0.2, 0.25) is 0 Å². The Hall–Kier alpha value is -0.166. The molecule has 68 valence electrons. The number of rotatable bonds is 5. The largest absolute Gasteiger partial charge is 0.293 e. The minimum atomic E-state index is -1.06. The maximum absolute atomic E-state index is 12.4. The summed E-state index contributed by atoms with van der Waals surface area (Å²) >= 11 is 0. The van der Waals surface area contributed by atoms with Crippen LogP contribution in [0.3, 0.4) is 0 Å². The first-order valence-corrected chi connectivity index (χ1v) is 3.23. The van der Waals surface area contributed by atoms with E-state index in [-0.39, 0.29) is 29.3 Å². The summed E-state index contributed by atoms with van der Waals surface area (Å²) in [6.45, 7) is 4.50. The average Bonchev–Trinajstić information content (AvgIpc) is 1.97. The van der Waals surface area contributed by atoms with Crippen molar-refractivity contribution in [1.29, 1.82) is 0 Å². The minimum Gasteiger partial charge on any atom is -0.293 e. The first-order valence-electron chi connectivity index (χ1n) is 3.23. The van der Waals surface area contributed by atoms with Gasteiger partial charge < -0.3 is 0 Å². The van der Waals surface area contributed by atoms with Crippen molar-refractivity contribution >= 4 is 0 Å². The van der Waals surface area contributed by atoms with Crippen LogP contribution in [-0.2, 0) is 16.5 Å². The molecule has 3 heteroatoms. The smallest absolute Gasteiger partial charge is 0.103 e. The molecule has 0 aromatic carbocycles. The molecule has 0 aliphatic rings. The van der Waals surface area contributed by atoms with E-state index in [4.69, 9.17) is 6.58 Å². The Labute approximate surface area is 76.3 Å². The van der Waals surface area contributed by atoms with Crippen molar-refractivity contribution in [1.82, 2.24) is 0 Å². The number of alkyl halides is 2. The Kier molecular flexibility index (Phi) is 12.0. The second-order valence-electron chi connectivity index (χ2n) is 1.92. The maximum atomic E-state index is 12.4. The van der Waals surface area contributed by atoms with Gasteiger partial charge in [0.2, 0.25) is 0 Å². The average molecular weight is 204 g/mol. The molecule has 0 aliphatic heterocycles. The summed E-state index contributed by atoms with van der Waals surface area (Å²) in [7, 11) is 0. The van der Waals surface area contributed by atoms with Crippen LogP contribution in [0.5, 0.6) is 0 Å². The molecule has 0 amide bonds. The molecule has 1 unspecified atom stereocenters. The number of halogens is 2. The third-order valence-corrected chi connectivity index (χ3v) is 1.04. The fraction of sp³-hybridized carbons (Fsp3) is 0.500. The van der Waals surface area contributed by atoms with Crippen molar-refractivity contribution in [2.75, 3.05) is 6.67 Å². The molecule has 0 rings (SSSR count). The molecular weight excluding hydrogens is 193 g/mol. The van der Waals surface area contributed by atoms with E-state index in [2.05, 4.69) is 0 Å². The fourth-order valence-electron chi connectivity index (χ4n) is 0.553. The SMILES string of the molecule is [CH-]=CC=CC(F)CCCF.[Ni]. The second-order valence-corrected chi connectivity index (χ2v) is 1.92. The van der Waals surface area contributed by atoms with E-state index in [9.17, 15) is 8.78 Å². The van der Waals surface area contributed by atoms with Gasteiger partial charge in [0.25, 0.3) is 0 Å². The van der Waals surface area contributed by atoms with Gasteiger partial charge in [0.15, 0.2) is 0 Å². The standard InChI is InChI=1S/C8H11F2.Ni/c1-2-3-5-8(10)6-4-7-9;/h1-3,5,8H,4,6-7H2;/q-1;. The zero-order chi connectivity index (χ0) is 7.82. The van der Waals surface area contributed by atoms with Gasteiger partial charge in [-0.15, -0.1) is 6.08 Å². The van der Waals surface area contributed by atoms with Crippen molar-refractivity contribution in [2.45, 2.75) is 19.0 Å². The first kappa shape index (κ1) is 13.4. The van der Waals surface area contributed by atoms with E-state index in [0.29, 0.717) is 0 Å². The van der Waals surface area contributed by atoms with Gasteiger partial charge in [-0.1, -0.05) is 0 Å². The predicted molar refractivity (Wildman–Crippen MR) is 38.1 cm³/mol. The summed E-state index contributed by atoms with van der Waals surface area (Å²) in [5.41, 5.74) is 0. The van der Waals surface area contributed by atoms with Crippen LogP contribution in [0.15, 0.2) is 18.2 Å². The summed E-state index contributed by atoms with van der Waals surface area (Å²) < 4.78 is 23.9. The van der Waals surface area contributed by atoms with Gasteiger partial charge in [0, 0.05) is 16.5 Å². The molecule has 0 saturated heterocycles. The van der Waals surface area contributed by atoms with E-state index in [1.165, 1.54) is 18.2 Å². The fourth-order valence-corrected chi connectivity index (χ4v) is 0.553. The summed E-state index contributed by atoms with van der Waals surface area (Å²) in [6, 6.07) is 0. The normalized spacial score (nSPS) is 12.5. The quantitative estimate of drug-likeness (QED) is 0.366. The Balaban J connectivity index is 0. The molecule has 0 radical (unpaired) electrons. The number of hydrogen-bond donors (Lipinski definition) is 0. The van der Waals surface area contributed by atoms with Crippen LogP contribution in [0.1, 0.15) is 12.8 Å². The summed E-state index contributed by atoms with van der Waals surface area (Å²) in [5.74, 6) is 0. The molecule has 0 aromatic heterocycles. The Bertz CT molecular complexity index is 113. The van der Waals surface area contributed by atoms with Crippen molar-refractivity contribution in [3.8, 4) is 0 Å². The van der Waals surface area contributed by atoms with Gasteiger partial charge >= 0.3 is 0 Å². The topological polar surface area (TPSA) is 0 Å². The van der Waals surface area contributed by atoms with E-state index < -0.39 is 12.8 Å². The monoisotopic (exact) mass is 203 g/mol. The van der Waals surface area contributed by atoms with Gasteiger partial charge in [-0.25, -0.2) is 16.5 Å². The van der Waals surface area contributed by atoms with Gasteiger partial charge in [-0.05, 0) is 12.8 Å². The Morgan fingerprint density at radius 3 is 2.55 bits per heavy atom. The first-order chi connectivity index (χ1) is 4.81. The van der Waals surface area contributed by atoms with Gasteiger partial charge in [0.05, 0.1) is 6.67 Å². The third-order valence-electron chi connectivity index (χ3n) is 1.04. The Morgan fingerprint density at radius 1 is 1.45 bits per heavy atom. The molecule has 0 saturated carbocycles. The molecule has 0 aromatic rings. The van der Waals surface area contributed by atoms with Crippen molar-refractivity contribution in [3.63, 3.8) is 0 Å². The summed E-state index contributed by atoms with van der Waals surface area (Å²) in [4.78, 5) is 0. The zero-order valence-corrected chi connectivity index (χ0v) is 7.07. The van der Waals surface area contributed by atoms with Crippen LogP contribution < -0.4 is 0 Å². The number of hydrogen-bond acceptors (Lipinski definition) is 0. The summed E-state index contributed by atoms with van der Waals surface area (Å²) in [6.07, 6.45) is 3.44. The molecule has 0 aliphatic carbocycles. The van der Waals surface area contributed by atoms with Crippen molar-refractivity contribution in [3.05, 3.63) is 24.8 Å². The van der Waals surface area contributed by atoms with Gasteiger partial charge in [-0.3, -0.25) is 11.0 Å². The van der Waals surface area contributed by atoms with Crippen LogP contribution in [0.25, 0.3) is 0 Å². The molecular formula is C8H11F2Ni-. The molecule has 0 N–H and O–H groups in total. The van der Waals surface area contributed by atoms with E-state index >= 15 is 0 Å². The maximum Gasteiger partial charge on any atom is 0.103 e. The third kappa shape index (κ3) is 9.83. The minimum absolute atomic E-state index is 0. The van der Waals surface area contributed by atoms with Crippen LogP contribution in [0, 0.1) is 6.58 Å². The molecule has 0 nitrogen and oxygen atoms in total. The molecule has 0 heterocycles. The number of allylic oxidation sites excluding steroid dienone is 3. The Morgan fingerprint density at radius 2 is 2.09 bits per heavy atom. The van der Waals surface area contributed by atoms with Crippen LogP contribution >= 0.6 is 0 Å². The molecule has 0 bridgehead atoms. The van der Waals surface area contributed by atoms with Crippen molar-refractivity contribution in [2.24, 2.45) is 0 Å². The summed E-state index contributed by atoms with van der Waals surface area (Å²) in [5, 5.41) is 0. The van der Waals surface area contributed by atoms with E-state index in [1.54, 1.807) is 0 Å². The molecule has 0 spiro atoms.